The lowest BCUT2D eigenvalue weighted by atomic mass is 10.2. The van der Waals surface area contributed by atoms with Gasteiger partial charge in [-0.3, -0.25) is 0 Å². The third-order valence-corrected chi connectivity index (χ3v) is 6.03. The molecule has 0 unspecified atom stereocenters. The standard InChI is InChI=1S/C24H34N2O2S/c1-29-24-11-7-9-21(15-24)17-25-16-20-8-6-10-23(14-20)28-19-22(27)18-26-12-4-2-3-5-13-26/h6-11,14-15,22,25,27H,2-5,12-13,16-19H2,1H3/t22-/m1/s1. The van der Waals surface area contributed by atoms with Crippen molar-refractivity contribution in [2.45, 2.75) is 49.8 Å². The number of thioether (sulfide) groups is 1. The number of benzene rings is 2. The molecule has 2 aromatic rings. The Morgan fingerprint density at radius 3 is 2.41 bits per heavy atom. The highest BCUT2D eigenvalue weighted by Gasteiger charge is 2.14. The number of rotatable bonds is 10. The third kappa shape index (κ3) is 8.01. The molecule has 0 amide bonds. The molecule has 0 saturated carbocycles. The van der Waals surface area contributed by atoms with Crippen LogP contribution in [0.1, 0.15) is 36.8 Å². The minimum absolute atomic E-state index is 0.342. The Hall–Kier alpha value is -1.53. The minimum atomic E-state index is -0.446. The molecule has 3 rings (SSSR count). The van der Waals surface area contributed by atoms with Crippen molar-refractivity contribution in [1.29, 1.82) is 0 Å². The molecule has 1 saturated heterocycles. The Labute approximate surface area is 179 Å². The molecule has 0 radical (unpaired) electrons. The normalized spacial score (nSPS) is 16.3. The first-order valence-corrected chi connectivity index (χ1v) is 11.9. The van der Waals surface area contributed by atoms with Gasteiger partial charge in [-0.15, -0.1) is 11.8 Å². The van der Waals surface area contributed by atoms with E-state index in [4.69, 9.17) is 4.74 Å². The molecule has 0 bridgehead atoms. The van der Waals surface area contributed by atoms with E-state index in [9.17, 15) is 5.11 Å². The largest absolute Gasteiger partial charge is 0.491 e. The van der Waals surface area contributed by atoms with Crippen molar-refractivity contribution >= 4 is 11.8 Å². The predicted molar refractivity (Wildman–Crippen MR) is 122 cm³/mol. The molecule has 0 aromatic heterocycles. The van der Waals surface area contributed by atoms with Crippen molar-refractivity contribution in [3.8, 4) is 5.75 Å². The Morgan fingerprint density at radius 2 is 1.69 bits per heavy atom. The van der Waals surface area contributed by atoms with Crippen molar-refractivity contribution in [3.05, 3.63) is 59.7 Å². The second kappa shape index (κ2) is 12.2. The topological polar surface area (TPSA) is 44.7 Å². The molecule has 4 nitrogen and oxygen atoms in total. The van der Waals surface area contributed by atoms with Crippen LogP contribution < -0.4 is 10.1 Å². The summed E-state index contributed by atoms with van der Waals surface area (Å²) < 4.78 is 5.87. The van der Waals surface area contributed by atoms with Gasteiger partial charge >= 0.3 is 0 Å². The number of hydrogen-bond acceptors (Lipinski definition) is 5. The molecule has 158 valence electrons. The van der Waals surface area contributed by atoms with Crippen molar-refractivity contribution in [3.63, 3.8) is 0 Å². The average Bonchev–Trinajstić information content (AvgIpc) is 3.01. The zero-order chi connectivity index (χ0) is 20.3. The number of likely N-dealkylation sites (tertiary alicyclic amines) is 1. The number of aliphatic hydroxyl groups excluding tert-OH is 1. The zero-order valence-corrected chi connectivity index (χ0v) is 18.3. The summed E-state index contributed by atoms with van der Waals surface area (Å²) in [5.74, 6) is 0.823. The molecule has 2 aromatic carbocycles. The highest BCUT2D eigenvalue weighted by Crippen LogP contribution is 2.17. The van der Waals surface area contributed by atoms with Crippen LogP contribution in [-0.4, -0.2) is 48.6 Å². The van der Waals surface area contributed by atoms with E-state index < -0.39 is 6.10 Å². The highest BCUT2D eigenvalue weighted by molar-refractivity contribution is 7.98. The van der Waals surface area contributed by atoms with Gasteiger partial charge in [0.15, 0.2) is 0 Å². The molecule has 1 aliphatic heterocycles. The summed E-state index contributed by atoms with van der Waals surface area (Å²) in [6, 6.07) is 16.8. The zero-order valence-electron chi connectivity index (χ0n) is 17.5. The molecule has 1 atom stereocenters. The SMILES string of the molecule is CSc1cccc(CNCc2cccc(OC[C@H](O)CN3CCCCCC3)c2)c1. The fraction of sp³-hybridized carbons (Fsp3) is 0.500. The molecule has 1 heterocycles. The minimum Gasteiger partial charge on any atom is -0.491 e. The predicted octanol–water partition coefficient (Wildman–Crippen LogP) is 4.31. The third-order valence-electron chi connectivity index (χ3n) is 5.30. The van der Waals surface area contributed by atoms with Gasteiger partial charge in [-0.25, -0.2) is 0 Å². The van der Waals surface area contributed by atoms with Crippen molar-refractivity contribution in [2.75, 3.05) is 32.5 Å². The maximum Gasteiger partial charge on any atom is 0.119 e. The number of aliphatic hydroxyl groups is 1. The molecular formula is C24H34N2O2S. The van der Waals surface area contributed by atoms with Crippen LogP contribution in [-0.2, 0) is 13.1 Å². The van der Waals surface area contributed by atoms with Gasteiger partial charge in [0.2, 0.25) is 0 Å². The van der Waals surface area contributed by atoms with Crippen molar-refractivity contribution < 1.29 is 9.84 Å². The molecule has 2 N–H and O–H groups in total. The summed E-state index contributed by atoms with van der Waals surface area (Å²) in [5, 5.41) is 13.9. The van der Waals surface area contributed by atoms with Gasteiger partial charge in [-0.2, -0.15) is 0 Å². The van der Waals surface area contributed by atoms with Crippen LogP contribution in [0, 0.1) is 0 Å². The lowest BCUT2D eigenvalue weighted by Gasteiger charge is -2.23. The van der Waals surface area contributed by atoms with Gasteiger partial charge in [0.25, 0.3) is 0 Å². The summed E-state index contributed by atoms with van der Waals surface area (Å²) in [5.41, 5.74) is 2.48. The van der Waals surface area contributed by atoms with E-state index in [0.717, 1.165) is 31.9 Å². The van der Waals surface area contributed by atoms with Gasteiger partial charge in [-0.05, 0) is 67.6 Å². The summed E-state index contributed by atoms with van der Waals surface area (Å²) in [4.78, 5) is 3.66. The van der Waals surface area contributed by atoms with Crippen LogP contribution in [0.15, 0.2) is 53.4 Å². The smallest absolute Gasteiger partial charge is 0.119 e. The first-order valence-electron chi connectivity index (χ1n) is 10.7. The Bertz CT molecular complexity index is 732. The number of nitrogens with zero attached hydrogens (tertiary/aromatic N) is 1. The number of β-amino-alcohol motifs (C(OH)–C–C–N with tert-alkyl or cyclic N) is 1. The first-order chi connectivity index (χ1) is 14.2. The fourth-order valence-corrected chi connectivity index (χ4v) is 4.22. The van der Waals surface area contributed by atoms with Gasteiger partial charge in [-0.1, -0.05) is 37.1 Å². The lowest BCUT2D eigenvalue weighted by molar-refractivity contribution is 0.0693. The van der Waals surface area contributed by atoms with E-state index in [0.29, 0.717) is 13.2 Å². The maximum absolute atomic E-state index is 10.4. The van der Waals surface area contributed by atoms with E-state index in [1.165, 1.54) is 41.7 Å². The van der Waals surface area contributed by atoms with Crippen molar-refractivity contribution in [1.82, 2.24) is 10.2 Å². The van der Waals surface area contributed by atoms with Crippen LogP contribution in [0.5, 0.6) is 5.75 Å². The second-order valence-corrected chi connectivity index (χ2v) is 8.66. The Balaban J connectivity index is 1.41. The van der Waals surface area contributed by atoms with E-state index in [1.54, 1.807) is 11.8 Å². The molecule has 1 aliphatic rings. The Kier molecular flexibility index (Phi) is 9.35. The van der Waals surface area contributed by atoms with Gasteiger partial charge in [0.05, 0.1) is 0 Å². The molecular weight excluding hydrogens is 380 g/mol. The Morgan fingerprint density at radius 1 is 1.00 bits per heavy atom. The van der Waals surface area contributed by atoms with Crippen LogP contribution in [0.4, 0.5) is 0 Å². The first kappa shape index (κ1) is 22.2. The van der Waals surface area contributed by atoms with E-state index in [1.807, 2.05) is 12.1 Å². The van der Waals surface area contributed by atoms with Gasteiger partial charge in [0.1, 0.15) is 18.5 Å². The van der Waals surface area contributed by atoms with E-state index in [-0.39, 0.29) is 0 Å². The van der Waals surface area contributed by atoms with Gasteiger partial charge in [0, 0.05) is 24.5 Å². The van der Waals surface area contributed by atoms with Crippen molar-refractivity contribution in [2.24, 2.45) is 0 Å². The number of nitrogens with one attached hydrogen (secondary N) is 1. The average molecular weight is 415 g/mol. The van der Waals surface area contributed by atoms with E-state index >= 15 is 0 Å². The monoisotopic (exact) mass is 414 g/mol. The molecule has 29 heavy (non-hydrogen) atoms. The molecule has 0 spiro atoms. The summed E-state index contributed by atoms with van der Waals surface area (Å²) in [6.45, 7) is 4.87. The number of hydrogen-bond donors (Lipinski definition) is 2. The van der Waals surface area contributed by atoms with Crippen LogP contribution in [0.25, 0.3) is 0 Å². The molecule has 0 aliphatic carbocycles. The number of ether oxygens (including phenoxy) is 1. The second-order valence-electron chi connectivity index (χ2n) is 7.78. The lowest BCUT2D eigenvalue weighted by Crippen LogP contribution is -2.36. The van der Waals surface area contributed by atoms with E-state index in [2.05, 4.69) is 52.9 Å². The summed E-state index contributed by atoms with van der Waals surface area (Å²) >= 11 is 1.77. The summed E-state index contributed by atoms with van der Waals surface area (Å²) in [6.07, 6.45) is 6.76. The maximum atomic E-state index is 10.4. The van der Waals surface area contributed by atoms with Gasteiger partial charge < -0.3 is 20.1 Å². The van der Waals surface area contributed by atoms with Crippen LogP contribution >= 0.6 is 11.8 Å². The highest BCUT2D eigenvalue weighted by atomic mass is 32.2. The molecule has 5 heteroatoms. The van der Waals surface area contributed by atoms with Crippen LogP contribution in [0.3, 0.4) is 0 Å². The quantitative estimate of drug-likeness (QED) is 0.567. The van der Waals surface area contributed by atoms with Crippen LogP contribution in [0.2, 0.25) is 0 Å². The fourth-order valence-electron chi connectivity index (χ4n) is 3.74. The molecule has 1 fully saturated rings. The summed E-state index contributed by atoms with van der Waals surface area (Å²) in [7, 11) is 0.